The average molecular weight is 565 g/mol. The first-order valence-electron chi connectivity index (χ1n) is 16.6. The molecule has 0 saturated carbocycles. The molecule has 8 nitrogen and oxygen atoms in total. The SMILES string of the molecule is CCC(C)CN1CCC(N(CN(CCCNC)C2CCN(C(=O)C(C)C)CC2)C(=O)CCCNC(C)CC)CC1. The van der Waals surface area contributed by atoms with Crippen molar-refractivity contribution in [3.05, 3.63) is 0 Å². The van der Waals surface area contributed by atoms with E-state index in [1.165, 1.54) is 13.0 Å². The quantitative estimate of drug-likeness (QED) is 0.194. The maximum Gasteiger partial charge on any atom is 0.225 e. The highest BCUT2D eigenvalue weighted by atomic mass is 16.2. The molecule has 0 aromatic rings. The van der Waals surface area contributed by atoms with Gasteiger partial charge in [0.05, 0.1) is 6.67 Å². The maximum absolute atomic E-state index is 13.8. The number of hydrogen-bond donors (Lipinski definition) is 2. The topological polar surface area (TPSA) is 71.2 Å². The van der Waals surface area contributed by atoms with Crippen LogP contribution < -0.4 is 10.6 Å². The van der Waals surface area contributed by atoms with Crippen LogP contribution >= 0.6 is 0 Å². The molecule has 2 rings (SSSR count). The lowest BCUT2D eigenvalue weighted by Gasteiger charge is -2.45. The van der Waals surface area contributed by atoms with Crippen LogP contribution in [0.25, 0.3) is 0 Å². The van der Waals surface area contributed by atoms with E-state index < -0.39 is 0 Å². The van der Waals surface area contributed by atoms with Crippen LogP contribution in [-0.2, 0) is 9.59 Å². The molecule has 2 N–H and O–H groups in total. The molecule has 0 spiro atoms. The second kappa shape index (κ2) is 19.1. The fourth-order valence-corrected chi connectivity index (χ4v) is 6.10. The van der Waals surface area contributed by atoms with Gasteiger partial charge in [-0.2, -0.15) is 0 Å². The normalized spacial score (nSPS) is 19.4. The van der Waals surface area contributed by atoms with Gasteiger partial charge >= 0.3 is 0 Å². The summed E-state index contributed by atoms with van der Waals surface area (Å²) in [5.74, 6) is 1.37. The molecule has 2 saturated heterocycles. The third-order valence-electron chi connectivity index (χ3n) is 9.25. The van der Waals surface area contributed by atoms with E-state index in [9.17, 15) is 9.59 Å². The van der Waals surface area contributed by atoms with E-state index in [1.807, 2.05) is 25.8 Å². The van der Waals surface area contributed by atoms with Crippen LogP contribution in [0.5, 0.6) is 0 Å². The zero-order valence-corrected chi connectivity index (χ0v) is 27.2. The molecule has 234 valence electrons. The lowest BCUT2D eigenvalue weighted by Crippen LogP contribution is -2.55. The summed E-state index contributed by atoms with van der Waals surface area (Å²) in [6, 6.07) is 1.23. The van der Waals surface area contributed by atoms with Gasteiger partial charge in [-0.25, -0.2) is 0 Å². The van der Waals surface area contributed by atoms with Crippen molar-refractivity contribution in [1.82, 2.24) is 30.2 Å². The predicted molar refractivity (Wildman–Crippen MR) is 167 cm³/mol. The molecule has 2 heterocycles. The number of hydrogen-bond acceptors (Lipinski definition) is 6. The Hall–Kier alpha value is -1.22. The molecular formula is C32H64N6O2. The van der Waals surface area contributed by atoms with Crippen molar-refractivity contribution in [2.45, 2.75) is 117 Å². The molecule has 2 unspecified atom stereocenters. The molecule has 0 aromatic heterocycles. The summed E-state index contributed by atoms with van der Waals surface area (Å²) in [6.45, 7) is 21.6. The summed E-state index contributed by atoms with van der Waals surface area (Å²) in [5, 5.41) is 6.86. The van der Waals surface area contributed by atoms with Crippen molar-refractivity contribution in [2.24, 2.45) is 11.8 Å². The first-order valence-corrected chi connectivity index (χ1v) is 16.6. The molecule has 0 aromatic carbocycles. The number of rotatable bonds is 18. The number of nitrogens with zero attached hydrogens (tertiary/aromatic N) is 4. The van der Waals surface area contributed by atoms with E-state index in [4.69, 9.17) is 0 Å². The van der Waals surface area contributed by atoms with E-state index in [-0.39, 0.29) is 11.8 Å². The van der Waals surface area contributed by atoms with E-state index in [0.717, 1.165) is 103 Å². The predicted octanol–water partition coefficient (Wildman–Crippen LogP) is 4.01. The average Bonchev–Trinajstić information content (AvgIpc) is 2.97. The lowest BCUT2D eigenvalue weighted by atomic mass is 9.99. The molecule has 2 atom stereocenters. The third-order valence-corrected chi connectivity index (χ3v) is 9.25. The maximum atomic E-state index is 13.8. The van der Waals surface area contributed by atoms with Crippen molar-refractivity contribution in [1.29, 1.82) is 0 Å². The van der Waals surface area contributed by atoms with Gasteiger partial charge in [-0.1, -0.05) is 41.0 Å². The number of likely N-dealkylation sites (tertiary alicyclic amines) is 2. The number of piperidine rings is 2. The molecule has 40 heavy (non-hydrogen) atoms. The Bertz CT molecular complexity index is 704. The standard InChI is InChI=1S/C32H64N6O2/c1-8-27(5)24-35-20-13-30(14-21-35)38(31(39)12-10-18-34-28(6)9-2)25-37(19-11-17-33-7)29-15-22-36(23-16-29)32(40)26(3)4/h26-30,33-34H,8-25H2,1-7H3. The van der Waals surface area contributed by atoms with Crippen LogP contribution in [0, 0.1) is 11.8 Å². The fourth-order valence-electron chi connectivity index (χ4n) is 6.10. The second-order valence-electron chi connectivity index (χ2n) is 12.9. The Morgan fingerprint density at radius 3 is 2.10 bits per heavy atom. The lowest BCUT2D eigenvalue weighted by molar-refractivity contribution is -0.139. The van der Waals surface area contributed by atoms with E-state index in [2.05, 4.69) is 53.0 Å². The Balaban J connectivity index is 2.10. The zero-order valence-electron chi connectivity index (χ0n) is 27.2. The van der Waals surface area contributed by atoms with E-state index in [0.29, 0.717) is 30.5 Å². The van der Waals surface area contributed by atoms with Crippen molar-refractivity contribution < 1.29 is 9.59 Å². The van der Waals surface area contributed by atoms with Gasteiger partial charge in [-0.05, 0) is 77.9 Å². The Morgan fingerprint density at radius 2 is 1.52 bits per heavy atom. The van der Waals surface area contributed by atoms with Gasteiger partial charge in [-0.3, -0.25) is 14.5 Å². The van der Waals surface area contributed by atoms with Gasteiger partial charge in [0.2, 0.25) is 11.8 Å². The Labute approximate surface area is 247 Å². The highest BCUT2D eigenvalue weighted by Gasteiger charge is 2.33. The Morgan fingerprint density at radius 1 is 0.875 bits per heavy atom. The smallest absolute Gasteiger partial charge is 0.225 e. The largest absolute Gasteiger partial charge is 0.342 e. The molecule has 0 radical (unpaired) electrons. The highest BCUT2D eigenvalue weighted by Crippen LogP contribution is 2.24. The van der Waals surface area contributed by atoms with Gasteiger partial charge in [0.1, 0.15) is 0 Å². The summed E-state index contributed by atoms with van der Waals surface area (Å²) >= 11 is 0. The van der Waals surface area contributed by atoms with Gasteiger partial charge in [-0.15, -0.1) is 0 Å². The molecule has 8 heteroatoms. The zero-order chi connectivity index (χ0) is 29.5. The molecule has 2 aliphatic heterocycles. The second-order valence-corrected chi connectivity index (χ2v) is 12.9. The minimum Gasteiger partial charge on any atom is -0.342 e. The first kappa shape index (κ1) is 35.0. The van der Waals surface area contributed by atoms with Crippen molar-refractivity contribution in [3.8, 4) is 0 Å². The van der Waals surface area contributed by atoms with Gasteiger partial charge in [0.25, 0.3) is 0 Å². The van der Waals surface area contributed by atoms with Crippen LogP contribution in [0.15, 0.2) is 0 Å². The van der Waals surface area contributed by atoms with Crippen molar-refractivity contribution in [3.63, 3.8) is 0 Å². The van der Waals surface area contributed by atoms with E-state index >= 15 is 0 Å². The molecule has 2 fully saturated rings. The number of carbonyl (C=O) groups is 2. The first-order chi connectivity index (χ1) is 19.2. The van der Waals surface area contributed by atoms with Crippen LogP contribution in [0.4, 0.5) is 0 Å². The van der Waals surface area contributed by atoms with Crippen LogP contribution in [-0.4, -0.2) is 116 Å². The highest BCUT2D eigenvalue weighted by molar-refractivity contribution is 5.78. The summed E-state index contributed by atoms with van der Waals surface area (Å²) in [4.78, 5) is 35.9. The summed E-state index contributed by atoms with van der Waals surface area (Å²) in [7, 11) is 2.01. The van der Waals surface area contributed by atoms with Crippen molar-refractivity contribution in [2.75, 3.05) is 66.1 Å². The Kier molecular flexibility index (Phi) is 16.7. The third kappa shape index (κ3) is 11.9. The van der Waals surface area contributed by atoms with Crippen LogP contribution in [0.3, 0.4) is 0 Å². The van der Waals surface area contributed by atoms with Crippen molar-refractivity contribution >= 4 is 11.8 Å². The number of carbonyl (C=O) groups excluding carboxylic acids is 2. The van der Waals surface area contributed by atoms with Gasteiger partial charge < -0.3 is 25.3 Å². The number of amides is 2. The number of nitrogens with one attached hydrogen (secondary N) is 2. The van der Waals surface area contributed by atoms with E-state index in [1.54, 1.807) is 0 Å². The summed E-state index contributed by atoms with van der Waals surface area (Å²) < 4.78 is 0. The molecule has 2 aliphatic rings. The molecule has 2 amide bonds. The summed E-state index contributed by atoms with van der Waals surface area (Å²) in [5.41, 5.74) is 0. The molecule has 0 aliphatic carbocycles. The van der Waals surface area contributed by atoms with Crippen LogP contribution in [0.1, 0.15) is 99.3 Å². The molecule has 0 bridgehead atoms. The minimum absolute atomic E-state index is 0.0531. The van der Waals surface area contributed by atoms with Gasteiger partial charge in [0, 0.05) is 69.7 Å². The minimum atomic E-state index is 0.0531. The van der Waals surface area contributed by atoms with Crippen LogP contribution in [0.2, 0.25) is 0 Å². The monoisotopic (exact) mass is 565 g/mol. The molecular weight excluding hydrogens is 500 g/mol. The fraction of sp³-hybridized carbons (Fsp3) is 0.938. The summed E-state index contributed by atoms with van der Waals surface area (Å²) in [6.07, 6.45) is 9.02. The van der Waals surface area contributed by atoms with Gasteiger partial charge in [0.15, 0.2) is 0 Å².